The number of rotatable bonds is 21. The first kappa shape index (κ1) is 74.1. The van der Waals surface area contributed by atoms with Crippen LogP contribution in [0.5, 0.6) is 0 Å². The highest BCUT2D eigenvalue weighted by Crippen LogP contribution is 2.58. The first-order chi connectivity index (χ1) is 46.3. The fraction of sp³-hybridized carbons (Fsp3) is 0.448. The molecule has 4 aliphatic rings. The summed E-state index contributed by atoms with van der Waals surface area (Å²) >= 11 is 0. The average Bonchev–Trinajstić information content (AvgIpc) is 0.999. The molecule has 6 aromatic rings. The van der Waals surface area contributed by atoms with E-state index in [2.05, 4.69) is 344 Å². The van der Waals surface area contributed by atoms with Gasteiger partial charge in [0.05, 0.1) is 24.2 Å². The Morgan fingerprint density at radius 2 is 1.06 bits per heavy atom. The van der Waals surface area contributed by atoms with E-state index in [1.165, 1.54) is 20.7 Å². The van der Waals surface area contributed by atoms with Crippen LogP contribution in [0.3, 0.4) is 0 Å². The molecule has 1 saturated carbocycles. The van der Waals surface area contributed by atoms with Crippen LogP contribution in [-0.2, 0) is 37.1 Å². The SMILES string of the molecule is C=CCOC(=O)[C@@]1(C)[C@H]2[C@H](C=C[C@H]1/C(C)=C/C[C@H](O[Si](c1ccccc1)(c1ccccc1)C(C)(C)C)/C(C)=C/[C@H]1C=C(CO[Si](c3ccccc3)(c3ccccc3)C(C)(C)C)[C@H](C)C[C@]13O[C@@H](C(C)(C)C)OC3=O)[C@@H](O[Si](c1ccccc1)(c1ccccc1)C(C)(C)C)[C@@H](C)C[C@@H]2C. The molecule has 520 valence electrons. The summed E-state index contributed by atoms with van der Waals surface area (Å²) in [6.07, 6.45) is 13.5. The monoisotopic (exact) mass is 1370 g/mol. The van der Waals surface area contributed by atoms with Crippen molar-refractivity contribution in [2.24, 2.45) is 52.3 Å². The fourth-order valence-electron chi connectivity index (χ4n) is 17.7. The van der Waals surface area contributed by atoms with E-state index in [1.807, 2.05) is 0 Å². The number of esters is 2. The van der Waals surface area contributed by atoms with Crippen molar-refractivity contribution in [2.75, 3.05) is 13.2 Å². The minimum Gasteiger partial charge on any atom is -0.461 e. The van der Waals surface area contributed by atoms with Gasteiger partial charge < -0.3 is 27.5 Å². The molecule has 0 radical (unpaired) electrons. The van der Waals surface area contributed by atoms with E-state index in [0.717, 1.165) is 33.5 Å². The Morgan fingerprint density at radius 3 is 1.48 bits per heavy atom. The van der Waals surface area contributed by atoms with Crippen LogP contribution in [0, 0.1) is 52.3 Å². The molecular formula is C87H112O8Si3. The maximum Gasteiger partial charge on any atom is 0.341 e. The van der Waals surface area contributed by atoms with Crippen molar-refractivity contribution >= 4 is 68.0 Å². The molecule has 1 spiro atoms. The lowest BCUT2D eigenvalue weighted by molar-refractivity contribution is -0.169. The summed E-state index contributed by atoms with van der Waals surface area (Å²) < 4.78 is 44.3. The quantitative estimate of drug-likeness (QED) is 0.0400. The van der Waals surface area contributed by atoms with Crippen molar-refractivity contribution in [1.29, 1.82) is 0 Å². The minimum atomic E-state index is -3.30. The zero-order valence-electron chi connectivity index (χ0n) is 62.1. The Labute approximate surface area is 591 Å². The molecule has 0 bridgehead atoms. The summed E-state index contributed by atoms with van der Waals surface area (Å²) in [5.41, 5.74) is 0.288. The van der Waals surface area contributed by atoms with Crippen LogP contribution >= 0.6 is 0 Å². The number of hydrogen-bond donors (Lipinski definition) is 0. The van der Waals surface area contributed by atoms with Gasteiger partial charge in [-0.2, -0.15) is 0 Å². The number of carbonyl (C=O) groups is 2. The number of hydrogen-bond acceptors (Lipinski definition) is 8. The molecule has 0 unspecified atom stereocenters. The molecule has 1 heterocycles. The first-order valence-corrected chi connectivity index (χ1v) is 41.8. The van der Waals surface area contributed by atoms with Crippen molar-refractivity contribution in [3.05, 3.63) is 242 Å². The third-order valence-corrected chi connectivity index (χ3v) is 37.6. The third-order valence-electron chi connectivity index (χ3n) is 22.5. The number of cyclic esters (lactones) is 1. The molecule has 0 amide bonds. The van der Waals surface area contributed by atoms with Crippen molar-refractivity contribution in [2.45, 2.75) is 183 Å². The van der Waals surface area contributed by atoms with Crippen molar-refractivity contribution in [1.82, 2.24) is 0 Å². The van der Waals surface area contributed by atoms with Crippen LogP contribution in [-0.4, -0.2) is 74.2 Å². The Kier molecular flexibility index (Phi) is 22.1. The van der Waals surface area contributed by atoms with Crippen LogP contribution in [0.15, 0.2) is 242 Å². The molecule has 1 saturated heterocycles. The molecule has 2 fully saturated rings. The first-order valence-electron chi connectivity index (χ1n) is 36.1. The van der Waals surface area contributed by atoms with Crippen LogP contribution in [0.25, 0.3) is 0 Å². The zero-order chi connectivity index (χ0) is 70.9. The number of carbonyl (C=O) groups excluding carboxylic acids is 2. The molecular weight excluding hydrogens is 1260 g/mol. The number of fused-ring (bicyclic) bond motifs is 1. The number of benzene rings is 6. The second-order valence-electron chi connectivity index (χ2n) is 33.4. The van der Waals surface area contributed by atoms with E-state index < -0.39 is 59.7 Å². The van der Waals surface area contributed by atoms with E-state index in [1.54, 1.807) is 6.08 Å². The Bertz CT molecular complexity index is 3700. The lowest BCUT2D eigenvalue weighted by Crippen LogP contribution is -2.69. The second-order valence-corrected chi connectivity index (χ2v) is 46.2. The normalized spacial score (nSPS) is 26.2. The maximum absolute atomic E-state index is 15.7. The van der Waals surface area contributed by atoms with Crippen molar-refractivity contribution in [3.8, 4) is 0 Å². The predicted octanol–water partition coefficient (Wildman–Crippen LogP) is 16.8. The van der Waals surface area contributed by atoms with Gasteiger partial charge in [0.2, 0.25) is 6.29 Å². The van der Waals surface area contributed by atoms with Gasteiger partial charge >= 0.3 is 11.9 Å². The molecule has 8 nitrogen and oxygen atoms in total. The van der Waals surface area contributed by atoms with Crippen molar-refractivity contribution < 1.29 is 37.1 Å². The Morgan fingerprint density at radius 1 is 0.622 bits per heavy atom. The summed E-state index contributed by atoms with van der Waals surface area (Å²) in [4.78, 5) is 30.9. The lowest BCUT2D eigenvalue weighted by Gasteiger charge is -2.57. The maximum atomic E-state index is 15.7. The fourth-order valence-corrected chi connectivity index (χ4v) is 31.8. The van der Waals surface area contributed by atoms with Crippen LogP contribution in [0.4, 0.5) is 0 Å². The standard InChI is InChI=1S/C87H112O8Si3/c1-20-55-90-79(88)86(19)75(53-52-74-77(86)63(4)56-64(5)78(74)95-98(85(16,17)18,72-47-35-25-36-48-72)73-49-37-26-38-50-73)61(2)51-54-76(94-97(84(13,14)15,70-43-31-23-32-44-70)71-45-33-24-34-46-71)62(3)57-67-58-66(65(6)59-87(67)80(89)92-81(93-87)82(7,8)9)60-91-96(83(10,11)12,68-39-27-21-28-40-68)69-41-29-22-30-42-69/h20-53,57-58,63-65,67,74-78,81H,1,54-56,59-60H2,2-19H3/b61-51+,62-57+/t63-,64-,65+,67-,74-,75-,76-,77+,78-,81-,86+,87-/m0/s1. The Balaban J connectivity index is 1.13. The summed E-state index contributed by atoms with van der Waals surface area (Å²) in [7, 11) is -9.36. The van der Waals surface area contributed by atoms with Gasteiger partial charge in [0, 0.05) is 23.2 Å². The van der Waals surface area contributed by atoms with Gasteiger partial charge in [0.15, 0.2) is 5.60 Å². The molecule has 0 aromatic heterocycles. The van der Waals surface area contributed by atoms with Crippen molar-refractivity contribution in [3.63, 3.8) is 0 Å². The molecule has 11 heteroatoms. The molecule has 98 heavy (non-hydrogen) atoms. The largest absolute Gasteiger partial charge is 0.461 e. The third kappa shape index (κ3) is 13.9. The highest BCUT2D eigenvalue weighted by molar-refractivity contribution is 7.00. The van der Waals surface area contributed by atoms with E-state index in [9.17, 15) is 0 Å². The average molecular weight is 1370 g/mol. The van der Waals surface area contributed by atoms with E-state index in [0.29, 0.717) is 19.4 Å². The summed E-state index contributed by atoms with van der Waals surface area (Å²) in [5.74, 6) is -1.49. The van der Waals surface area contributed by atoms with Crippen LogP contribution in [0.2, 0.25) is 15.1 Å². The second kappa shape index (κ2) is 29.2. The van der Waals surface area contributed by atoms with Gasteiger partial charge in [-0.15, -0.1) is 0 Å². The molecule has 0 N–H and O–H groups in total. The summed E-state index contributed by atoms with van der Waals surface area (Å²) in [6.45, 7) is 45.1. The van der Waals surface area contributed by atoms with Gasteiger partial charge in [-0.3, -0.25) is 4.79 Å². The molecule has 3 aliphatic carbocycles. The highest BCUT2D eigenvalue weighted by Gasteiger charge is 2.63. The molecule has 12 atom stereocenters. The van der Waals surface area contributed by atoms with E-state index >= 15 is 9.59 Å². The summed E-state index contributed by atoms with van der Waals surface area (Å²) in [6, 6.07) is 65.1. The lowest BCUT2D eigenvalue weighted by atomic mass is 9.50. The molecule has 6 aromatic carbocycles. The molecule has 10 rings (SSSR count). The minimum absolute atomic E-state index is 0.0948. The van der Waals surface area contributed by atoms with Gasteiger partial charge in [0.1, 0.15) is 6.61 Å². The van der Waals surface area contributed by atoms with Crippen LogP contribution < -0.4 is 31.1 Å². The summed E-state index contributed by atoms with van der Waals surface area (Å²) in [5, 5.41) is 6.32. The van der Waals surface area contributed by atoms with Crippen LogP contribution in [0.1, 0.15) is 144 Å². The molecule has 1 aliphatic heterocycles. The van der Waals surface area contributed by atoms with Gasteiger partial charge in [0.25, 0.3) is 25.0 Å². The zero-order valence-corrected chi connectivity index (χ0v) is 65.1. The predicted molar refractivity (Wildman–Crippen MR) is 411 cm³/mol. The van der Waals surface area contributed by atoms with E-state index in [4.69, 9.17) is 27.5 Å². The number of allylic oxidation sites excluding steroid dienone is 2. The smallest absolute Gasteiger partial charge is 0.341 e. The van der Waals surface area contributed by atoms with Gasteiger partial charge in [-0.1, -0.05) is 334 Å². The van der Waals surface area contributed by atoms with Gasteiger partial charge in [-0.25, -0.2) is 4.79 Å². The van der Waals surface area contributed by atoms with E-state index in [-0.39, 0.29) is 75.3 Å². The highest BCUT2D eigenvalue weighted by atomic mass is 28.4. The van der Waals surface area contributed by atoms with Gasteiger partial charge in [-0.05, 0) is 121 Å². The topological polar surface area (TPSA) is 89.5 Å². The number of ether oxygens (including phenoxy) is 3. The Hall–Kier alpha value is -6.55.